The lowest BCUT2D eigenvalue weighted by atomic mass is 9.99. The number of benzene rings is 2. The van der Waals surface area contributed by atoms with Crippen LogP contribution in [0.3, 0.4) is 0 Å². The smallest absolute Gasteiger partial charge is 0.261 e. The average molecular weight is 514 g/mol. The van der Waals surface area contributed by atoms with Gasteiger partial charge < -0.3 is 9.88 Å². The molecule has 1 aliphatic heterocycles. The molecule has 1 saturated heterocycles. The first-order valence-corrected chi connectivity index (χ1v) is 13.6. The molecule has 4 rings (SSSR count). The fourth-order valence-corrected chi connectivity index (χ4v) is 5.70. The van der Waals surface area contributed by atoms with Gasteiger partial charge in [0.2, 0.25) is 12.3 Å². The number of sulfonamides is 1. The van der Waals surface area contributed by atoms with Crippen LogP contribution in [0.1, 0.15) is 50.9 Å². The number of anilines is 1. The molecule has 10 nitrogen and oxygen atoms in total. The van der Waals surface area contributed by atoms with E-state index in [1.54, 1.807) is 41.3 Å². The summed E-state index contributed by atoms with van der Waals surface area (Å²) < 4.78 is 28.0. The second-order valence-electron chi connectivity index (χ2n) is 9.03. The summed E-state index contributed by atoms with van der Waals surface area (Å²) in [6.07, 6.45) is 4.15. The monoisotopic (exact) mass is 513 g/mol. The number of hydrogen-bond acceptors (Lipinski definition) is 6. The Morgan fingerprint density at radius 1 is 1.31 bits per heavy atom. The van der Waals surface area contributed by atoms with E-state index in [-0.39, 0.29) is 23.4 Å². The molecule has 1 aromatic heterocycles. The first kappa shape index (κ1) is 25.6. The summed E-state index contributed by atoms with van der Waals surface area (Å²) in [5.41, 5.74) is 1.72. The van der Waals surface area contributed by atoms with Gasteiger partial charge in [0.15, 0.2) is 0 Å². The number of unbranched alkanes of at least 4 members (excludes halogenated alkanes) is 1. The quantitative estimate of drug-likeness (QED) is 0.203. The van der Waals surface area contributed by atoms with Crippen LogP contribution in [0.25, 0.3) is 11.0 Å². The number of imidazole rings is 1. The highest BCUT2D eigenvalue weighted by atomic mass is 32.2. The molecule has 2 aromatic carbocycles. The van der Waals surface area contributed by atoms with Gasteiger partial charge in [0.25, 0.3) is 10.0 Å². The zero-order chi connectivity index (χ0) is 25.7. The Kier molecular flexibility index (Phi) is 7.90. The highest BCUT2D eigenvalue weighted by molar-refractivity contribution is 7.92. The number of carbonyl (C=O) groups excluding carboxylic acids is 2. The number of nitrogens with one attached hydrogen (secondary N) is 2. The molecule has 2 unspecified atom stereocenters. The molecule has 0 spiro atoms. The van der Waals surface area contributed by atoms with Gasteiger partial charge in [-0.3, -0.25) is 19.5 Å². The van der Waals surface area contributed by atoms with Gasteiger partial charge in [-0.1, -0.05) is 38.0 Å². The van der Waals surface area contributed by atoms with E-state index in [1.807, 2.05) is 6.92 Å². The van der Waals surface area contributed by atoms with Crippen LogP contribution in [0, 0.1) is 5.92 Å². The van der Waals surface area contributed by atoms with Crippen LogP contribution in [0.4, 0.5) is 5.69 Å². The molecule has 192 valence electrons. The van der Waals surface area contributed by atoms with Crippen molar-refractivity contribution < 1.29 is 23.2 Å². The number of rotatable bonds is 11. The summed E-state index contributed by atoms with van der Waals surface area (Å²) in [7, 11) is -3.73. The number of fused-ring (bicyclic) bond motifs is 1. The third-order valence-corrected chi connectivity index (χ3v) is 7.84. The fraction of sp³-hybridized carbons (Fsp3) is 0.400. The largest absolute Gasteiger partial charge is 0.340 e. The number of carbonyl (C=O) groups is 2. The molecule has 1 fully saturated rings. The Morgan fingerprint density at radius 3 is 2.81 bits per heavy atom. The minimum atomic E-state index is -3.73. The first-order valence-electron chi connectivity index (χ1n) is 12.1. The van der Waals surface area contributed by atoms with Crippen molar-refractivity contribution in [3.05, 3.63) is 54.4 Å². The molecule has 2 atom stereocenters. The minimum absolute atomic E-state index is 0.0450. The number of likely N-dealkylation sites (tertiary alicyclic amines) is 1. The van der Waals surface area contributed by atoms with E-state index < -0.39 is 15.9 Å². The van der Waals surface area contributed by atoms with Gasteiger partial charge in [-0.15, -0.1) is 0 Å². The number of nitrogens with zero attached hydrogens (tertiary/aromatic N) is 3. The van der Waals surface area contributed by atoms with E-state index in [0.717, 1.165) is 25.7 Å². The van der Waals surface area contributed by atoms with Crippen LogP contribution in [-0.2, 0) is 19.6 Å². The Hall–Kier alpha value is -3.44. The molecule has 11 heteroatoms. The predicted octanol–water partition coefficient (Wildman–Crippen LogP) is 3.68. The van der Waals surface area contributed by atoms with Crippen LogP contribution in [-0.4, -0.2) is 59.0 Å². The predicted molar refractivity (Wildman–Crippen MR) is 135 cm³/mol. The van der Waals surface area contributed by atoms with E-state index in [2.05, 4.69) is 14.7 Å². The number of H-pyrrole nitrogens is 1. The molecule has 3 N–H and O–H groups in total. The summed E-state index contributed by atoms with van der Waals surface area (Å²) in [6.45, 7) is 2.55. The zero-order valence-corrected chi connectivity index (χ0v) is 20.9. The van der Waals surface area contributed by atoms with Crippen molar-refractivity contribution in [1.29, 1.82) is 0 Å². The van der Waals surface area contributed by atoms with Gasteiger partial charge in [0, 0.05) is 6.54 Å². The summed E-state index contributed by atoms with van der Waals surface area (Å²) in [5, 5.41) is 10.2. The maximum absolute atomic E-state index is 13.4. The third-order valence-electron chi connectivity index (χ3n) is 6.44. The SMILES string of the molecule is CCCCC(CN(O)C=O)C(=O)N1CCCC1c1nc2ccc(NS(=O)(=O)c3ccccc3)cc2[nH]1. The molecule has 0 aliphatic carbocycles. The molecule has 1 aliphatic rings. The maximum Gasteiger partial charge on any atom is 0.261 e. The highest BCUT2D eigenvalue weighted by Gasteiger charge is 2.36. The van der Waals surface area contributed by atoms with Gasteiger partial charge in [-0.25, -0.2) is 18.5 Å². The number of aromatic nitrogens is 2. The van der Waals surface area contributed by atoms with Crippen LogP contribution < -0.4 is 4.72 Å². The maximum atomic E-state index is 13.4. The summed E-state index contributed by atoms with van der Waals surface area (Å²) in [5.74, 6) is 0.0251. The van der Waals surface area contributed by atoms with Crippen molar-refractivity contribution in [2.75, 3.05) is 17.8 Å². The van der Waals surface area contributed by atoms with Crippen LogP contribution in [0.2, 0.25) is 0 Å². The van der Waals surface area contributed by atoms with E-state index in [1.165, 1.54) is 12.1 Å². The second kappa shape index (κ2) is 11.1. The standard InChI is InChI=1S/C25H31N5O5S/c1-2-3-8-18(16-29(33)17-31)25(32)30-14-7-11-23(30)24-26-21-13-12-19(15-22(21)27-24)28-36(34,35)20-9-5-4-6-10-20/h4-6,9-10,12-13,15,17-18,23,28,33H,2-3,7-8,11,14,16H2,1H3,(H,26,27). The minimum Gasteiger partial charge on any atom is -0.340 e. The lowest BCUT2D eigenvalue weighted by Crippen LogP contribution is -2.40. The van der Waals surface area contributed by atoms with Gasteiger partial charge in [-0.05, 0) is 49.6 Å². The highest BCUT2D eigenvalue weighted by Crippen LogP contribution is 2.34. The van der Waals surface area contributed by atoms with E-state index in [4.69, 9.17) is 0 Å². The van der Waals surface area contributed by atoms with Crippen molar-refractivity contribution in [2.24, 2.45) is 5.92 Å². The number of hydroxylamine groups is 2. The van der Waals surface area contributed by atoms with Gasteiger partial charge in [-0.2, -0.15) is 0 Å². The molecule has 2 heterocycles. The van der Waals surface area contributed by atoms with Crippen molar-refractivity contribution in [2.45, 2.75) is 50.0 Å². The van der Waals surface area contributed by atoms with Gasteiger partial charge >= 0.3 is 0 Å². The van der Waals surface area contributed by atoms with E-state index >= 15 is 0 Å². The number of amides is 2. The zero-order valence-electron chi connectivity index (χ0n) is 20.1. The van der Waals surface area contributed by atoms with Gasteiger partial charge in [0.05, 0.1) is 40.1 Å². The fourth-order valence-electron chi connectivity index (χ4n) is 4.63. The molecule has 0 saturated carbocycles. The number of aromatic amines is 1. The summed E-state index contributed by atoms with van der Waals surface area (Å²) in [4.78, 5) is 34.2. The first-order chi connectivity index (χ1) is 17.3. The Bertz CT molecular complexity index is 1310. The average Bonchev–Trinajstić information content (AvgIpc) is 3.53. The van der Waals surface area contributed by atoms with E-state index in [9.17, 15) is 23.2 Å². The lowest BCUT2D eigenvalue weighted by molar-refractivity contribution is -0.157. The Labute approximate surface area is 210 Å². The molecular weight excluding hydrogens is 482 g/mol. The topological polar surface area (TPSA) is 136 Å². The van der Waals surface area contributed by atoms with Crippen molar-refractivity contribution in [3.8, 4) is 0 Å². The number of hydrogen-bond donors (Lipinski definition) is 3. The molecule has 3 aromatic rings. The lowest BCUT2D eigenvalue weighted by Gasteiger charge is -2.29. The van der Waals surface area contributed by atoms with Crippen molar-refractivity contribution >= 4 is 39.1 Å². The second-order valence-corrected chi connectivity index (χ2v) is 10.7. The van der Waals surface area contributed by atoms with Crippen molar-refractivity contribution in [1.82, 2.24) is 19.9 Å². The molecule has 36 heavy (non-hydrogen) atoms. The third kappa shape index (κ3) is 5.68. The molecular formula is C25H31N5O5S. The summed E-state index contributed by atoms with van der Waals surface area (Å²) in [6, 6.07) is 12.9. The van der Waals surface area contributed by atoms with Crippen LogP contribution in [0.15, 0.2) is 53.4 Å². The van der Waals surface area contributed by atoms with Gasteiger partial charge in [0.1, 0.15) is 5.82 Å². The Balaban J connectivity index is 1.55. The molecule has 0 radical (unpaired) electrons. The van der Waals surface area contributed by atoms with Crippen LogP contribution >= 0.6 is 0 Å². The Morgan fingerprint density at radius 2 is 2.08 bits per heavy atom. The normalized spacial score (nSPS) is 16.7. The summed E-state index contributed by atoms with van der Waals surface area (Å²) >= 11 is 0. The van der Waals surface area contributed by atoms with Crippen LogP contribution in [0.5, 0.6) is 0 Å². The van der Waals surface area contributed by atoms with E-state index in [0.29, 0.717) is 47.0 Å². The van der Waals surface area contributed by atoms with Crippen molar-refractivity contribution in [3.63, 3.8) is 0 Å². The molecule has 2 amide bonds. The molecule has 0 bridgehead atoms.